The van der Waals surface area contributed by atoms with Crippen LogP contribution in [0, 0.1) is 0 Å². The van der Waals surface area contributed by atoms with E-state index in [2.05, 4.69) is 25.4 Å². The lowest BCUT2D eigenvalue weighted by molar-refractivity contribution is -0.0285. The lowest BCUT2D eigenvalue weighted by atomic mass is 10.1. The Morgan fingerprint density at radius 1 is 1.09 bits per heavy atom. The van der Waals surface area contributed by atoms with Crippen molar-refractivity contribution in [2.75, 3.05) is 18.5 Å². The third-order valence-electron chi connectivity index (χ3n) is 5.18. The molecule has 4 aromatic heterocycles. The van der Waals surface area contributed by atoms with Crippen molar-refractivity contribution in [2.45, 2.75) is 6.04 Å². The molecule has 1 fully saturated rings. The number of nitrogens with one attached hydrogen (secondary N) is 1. The topological polar surface area (TPSA) is 138 Å². The summed E-state index contributed by atoms with van der Waals surface area (Å²) in [7, 11) is 0. The van der Waals surface area contributed by atoms with Gasteiger partial charge in [-0.25, -0.2) is 4.98 Å². The SMILES string of the molecule is NC(=O)c1cncc(-c2cccc(C(=O)Nc3cn(C4COC4)nc3-c3ccccn3)n2)c1. The normalized spacial score (nSPS) is 13.3. The minimum Gasteiger partial charge on any atom is -0.377 e. The number of amides is 2. The summed E-state index contributed by atoms with van der Waals surface area (Å²) in [5, 5.41) is 7.53. The van der Waals surface area contributed by atoms with Gasteiger partial charge in [-0.05, 0) is 30.3 Å². The van der Waals surface area contributed by atoms with E-state index in [4.69, 9.17) is 10.5 Å². The van der Waals surface area contributed by atoms with Crippen LogP contribution in [0.5, 0.6) is 0 Å². The second-order valence-electron chi connectivity index (χ2n) is 7.47. The van der Waals surface area contributed by atoms with E-state index >= 15 is 0 Å². The quantitative estimate of drug-likeness (QED) is 0.468. The fourth-order valence-corrected chi connectivity index (χ4v) is 3.36. The average Bonchev–Trinajstić information content (AvgIpc) is 3.21. The molecule has 4 aromatic rings. The van der Waals surface area contributed by atoms with E-state index < -0.39 is 11.8 Å². The van der Waals surface area contributed by atoms with Crippen molar-refractivity contribution in [3.8, 4) is 22.6 Å². The summed E-state index contributed by atoms with van der Waals surface area (Å²) < 4.78 is 7.05. The molecule has 10 heteroatoms. The van der Waals surface area contributed by atoms with E-state index in [1.54, 1.807) is 47.5 Å². The van der Waals surface area contributed by atoms with Gasteiger partial charge in [-0.15, -0.1) is 0 Å². The van der Waals surface area contributed by atoms with Crippen molar-refractivity contribution >= 4 is 17.5 Å². The number of carbonyl (C=O) groups is 2. The van der Waals surface area contributed by atoms with Crippen LogP contribution in [0.25, 0.3) is 22.6 Å². The molecule has 0 bridgehead atoms. The molecule has 0 radical (unpaired) electrons. The molecule has 0 saturated carbocycles. The lowest BCUT2D eigenvalue weighted by Crippen LogP contribution is -2.30. The van der Waals surface area contributed by atoms with Crippen LogP contribution < -0.4 is 11.1 Å². The number of nitrogens with two attached hydrogens (primary N) is 1. The molecular formula is C23H19N7O3. The fourth-order valence-electron chi connectivity index (χ4n) is 3.36. The predicted octanol–water partition coefficient (Wildman–Crippen LogP) is 2.32. The maximum Gasteiger partial charge on any atom is 0.274 e. The molecule has 2 amide bonds. The molecule has 1 aliphatic rings. The van der Waals surface area contributed by atoms with Crippen LogP contribution in [-0.2, 0) is 4.74 Å². The van der Waals surface area contributed by atoms with E-state index in [9.17, 15) is 9.59 Å². The van der Waals surface area contributed by atoms with Crippen LogP contribution in [0.15, 0.2) is 67.3 Å². The first-order valence-electron chi connectivity index (χ1n) is 10.2. The zero-order chi connectivity index (χ0) is 22.8. The van der Waals surface area contributed by atoms with Crippen LogP contribution in [0.3, 0.4) is 0 Å². The second-order valence-corrected chi connectivity index (χ2v) is 7.47. The Labute approximate surface area is 188 Å². The summed E-state index contributed by atoms with van der Waals surface area (Å²) in [6.45, 7) is 1.14. The molecule has 0 unspecified atom stereocenters. The van der Waals surface area contributed by atoms with Gasteiger partial charge in [0, 0.05) is 30.4 Å². The molecule has 164 valence electrons. The number of nitrogens with zero attached hydrogens (tertiary/aromatic N) is 5. The van der Waals surface area contributed by atoms with Crippen LogP contribution in [0.2, 0.25) is 0 Å². The lowest BCUT2D eigenvalue weighted by Gasteiger charge is -2.25. The molecule has 0 spiro atoms. The second kappa shape index (κ2) is 8.60. The fraction of sp³-hybridized carbons (Fsp3) is 0.130. The summed E-state index contributed by atoms with van der Waals surface area (Å²) in [6, 6.07) is 12.3. The molecule has 5 heterocycles. The smallest absolute Gasteiger partial charge is 0.274 e. The summed E-state index contributed by atoms with van der Waals surface area (Å²) in [5.74, 6) is -0.994. The van der Waals surface area contributed by atoms with Crippen molar-refractivity contribution < 1.29 is 14.3 Å². The average molecular weight is 441 g/mol. The number of primary amides is 1. The predicted molar refractivity (Wildman–Crippen MR) is 119 cm³/mol. The first kappa shape index (κ1) is 20.5. The highest BCUT2D eigenvalue weighted by molar-refractivity contribution is 6.04. The zero-order valence-corrected chi connectivity index (χ0v) is 17.4. The minimum atomic E-state index is -0.589. The van der Waals surface area contributed by atoms with E-state index in [1.807, 2.05) is 18.2 Å². The molecule has 3 N–H and O–H groups in total. The first-order chi connectivity index (χ1) is 16.1. The number of anilines is 1. The Balaban J connectivity index is 1.44. The molecule has 0 aliphatic carbocycles. The standard InChI is InChI=1S/C23H19N7O3/c24-22(31)15-8-14(9-25-10-15)17-5-3-6-19(27-17)23(32)28-20-11-30(16-12-33-13-16)29-21(20)18-4-1-2-7-26-18/h1-11,16H,12-13H2,(H2,24,31)(H,28,32). The number of aromatic nitrogens is 5. The number of carbonyl (C=O) groups excluding carboxylic acids is 2. The van der Waals surface area contributed by atoms with Gasteiger partial charge in [0.1, 0.15) is 11.4 Å². The Morgan fingerprint density at radius 2 is 1.94 bits per heavy atom. The molecule has 0 atom stereocenters. The number of rotatable bonds is 6. The van der Waals surface area contributed by atoms with Crippen LogP contribution in [-0.4, -0.2) is 49.8 Å². The van der Waals surface area contributed by atoms with Crippen LogP contribution in [0.4, 0.5) is 5.69 Å². The van der Waals surface area contributed by atoms with Gasteiger partial charge in [0.05, 0.1) is 41.9 Å². The highest BCUT2D eigenvalue weighted by Gasteiger charge is 2.25. The van der Waals surface area contributed by atoms with Crippen LogP contribution >= 0.6 is 0 Å². The summed E-state index contributed by atoms with van der Waals surface area (Å²) in [4.78, 5) is 37.4. The van der Waals surface area contributed by atoms with E-state index in [0.717, 1.165) is 0 Å². The molecule has 10 nitrogen and oxygen atoms in total. The van der Waals surface area contributed by atoms with Crippen molar-refractivity contribution in [1.82, 2.24) is 24.7 Å². The van der Waals surface area contributed by atoms with Gasteiger partial charge in [0.2, 0.25) is 5.91 Å². The Hall–Kier alpha value is -4.44. The van der Waals surface area contributed by atoms with Crippen LogP contribution in [0.1, 0.15) is 26.9 Å². The third kappa shape index (κ3) is 4.19. The van der Waals surface area contributed by atoms with Gasteiger partial charge < -0.3 is 15.8 Å². The van der Waals surface area contributed by atoms with E-state index in [1.165, 1.54) is 6.20 Å². The van der Waals surface area contributed by atoms with Gasteiger partial charge in [0.15, 0.2) is 0 Å². The van der Waals surface area contributed by atoms with Crippen molar-refractivity contribution in [1.29, 1.82) is 0 Å². The molecule has 0 aromatic carbocycles. The van der Waals surface area contributed by atoms with Gasteiger partial charge in [-0.2, -0.15) is 5.10 Å². The maximum atomic E-state index is 13.1. The Bertz CT molecular complexity index is 1330. The van der Waals surface area contributed by atoms with Gasteiger partial charge in [-0.3, -0.25) is 24.2 Å². The molecule has 1 saturated heterocycles. The zero-order valence-electron chi connectivity index (χ0n) is 17.4. The third-order valence-corrected chi connectivity index (χ3v) is 5.18. The van der Waals surface area contributed by atoms with E-state index in [-0.39, 0.29) is 17.3 Å². The molecule has 33 heavy (non-hydrogen) atoms. The largest absolute Gasteiger partial charge is 0.377 e. The monoisotopic (exact) mass is 441 g/mol. The van der Waals surface area contributed by atoms with Crippen molar-refractivity contribution in [3.63, 3.8) is 0 Å². The van der Waals surface area contributed by atoms with E-state index in [0.29, 0.717) is 41.5 Å². The van der Waals surface area contributed by atoms with Gasteiger partial charge >= 0.3 is 0 Å². The maximum absolute atomic E-state index is 13.1. The summed E-state index contributed by atoms with van der Waals surface area (Å²) >= 11 is 0. The Morgan fingerprint density at radius 3 is 2.67 bits per heavy atom. The first-order valence-corrected chi connectivity index (χ1v) is 10.2. The molecule has 1 aliphatic heterocycles. The highest BCUT2D eigenvalue weighted by atomic mass is 16.5. The number of pyridine rings is 3. The van der Waals surface area contributed by atoms with Crippen molar-refractivity contribution in [2.24, 2.45) is 5.73 Å². The molecule has 5 rings (SSSR count). The minimum absolute atomic E-state index is 0.115. The highest BCUT2D eigenvalue weighted by Crippen LogP contribution is 2.28. The van der Waals surface area contributed by atoms with Crippen molar-refractivity contribution in [3.05, 3.63) is 78.5 Å². The number of hydrogen-bond acceptors (Lipinski definition) is 7. The van der Waals surface area contributed by atoms with Gasteiger partial charge in [0.25, 0.3) is 5.91 Å². The summed E-state index contributed by atoms with van der Waals surface area (Å²) in [5.41, 5.74) is 8.59. The van der Waals surface area contributed by atoms with Gasteiger partial charge in [-0.1, -0.05) is 12.1 Å². The summed E-state index contributed by atoms with van der Waals surface area (Å²) in [6.07, 6.45) is 6.39. The Kier molecular flexibility index (Phi) is 5.33. The number of hydrogen-bond donors (Lipinski definition) is 2. The number of ether oxygens (including phenoxy) is 1. The molecular weight excluding hydrogens is 422 g/mol.